The lowest BCUT2D eigenvalue weighted by Crippen LogP contribution is -2.42. The second-order valence-electron chi connectivity index (χ2n) is 5.30. The molecule has 0 aromatic heterocycles. The molecule has 0 saturated heterocycles. The predicted molar refractivity (Wildman–Crippen MR) is 64.4 cm³/mol. The summed E-state index contributed by atoms with van der Waals surface area (Å²) in [5.74, 6) is 0. The van der Waals surface area contributed by atoms with E-state index in [4.69, 9.17) is 16.5 Å². The number of carbonyl (C=O) groups excluding carboxylic acids is 1. The Hall–Kier alpha value is -0.480. The van der Waals surface area contributed by atoms with Gasteiger partial charge in [-0.3, -0.25) is 0 Å². The van der Waals surface area contributed by atoms with Crippen molar-refractivity contribution in [3.63, 3.8) is 0 Å². The van der Waals surface area contributed by atoms with Crippen molar-refractivity contribution in [2.75, 3.05) is 0 Å². The highest BCUT2D eigenvalue weighted by atomic mass is 35.5. The molecule has 0 aliphatic heterocycles. The maximum absolute atomic E-state index is 11.5. The quantitative estimate of drug-likeness (QED) is 0.739. The maximum atomic E-state index is 11.5. The van der Waals surface area contributed by atoms with Gasteiger partial charge < -0.3 is 10.1 Å². The van der Waals surface area contributed by atoms with Crippen LogP contribution in [0.5, 0.6) is 0 Å². The first-order valence-electron chi connectivity index (χ1n) is 5.76. The molecule has 16 heavy (non-hydrogen) atoms. The number of carbonyl (C=O) groups is 1. The first kappa shape index (κ1) is 13.6. The SMILES string of the molecule is CC(C)(C)OC(=O)N[C@H]1CC[C@H](NCl)CC1. The zero-order valence-corrected chi connectivity index (χ0v) is 10.9. The maximum Gasteiger partial charge on any atom is 0.407 e. The number of hydrogen-bond donors (Lipinski definition) is 2. The minimum atomic E-state index is -0.432. The van der Waals surface area contributed by atoms with Crippen molar-refractivity contribution in [2.24, 2.45) is 0 Å². The molecule has 1 amide bonds. The van der Waals surface area contributed by atoms with Gasteiger partial charge in [-0.1, -0.05) is 0 Å². The van der Waals surface area contributed by atoms with Crippen LogP contribution >= 0.6 is 11.8 Å². The Morgan fingerprint density at radius 3 is 2.12 bits per heavy atom. The molecule has 0 heterocycles. The molecular formula is C11H21ClN2O2. The number of rotatable bonds is 2. The van der Waals surface area contributed by atoms with Gasteiger partial charge in [0.2, 0.25) is 0 Å². The summed E-state index contributed by atoms with van der Waals surface area (Å²) in [5, 5.41) is 2.89. The van der Waals surface area contributed by atoms with E-state index in [0.717, 1.165) is 25.7 Å². The second kappa shape index (κ2) is 5.73. The fourth-order valence-electron chi connectivity index (χ4n) is 1.82. The molecule has 0 atom stereocenters. The Labute approximate surface area is 102 Å². The van der Waals surface area contributed by atoms with Gasteiger partial charge in [-0.05, 0) is 58.2 Å². The van der Waals surface area contributed by atoms with Gasteiger partial charge >= 0.3 is 6.09 Å². The average molecular weight is 249 g/mol. The number of halogens is 1. The van der Waals surface area contributed by atoms with Gasteiger partial charge in [0, 0.05) is 12.1 Å². The van der Waals surface area contributed by atoms with Gasteiger partial charge in [-0.2, -0.15) is 0 Å². The third-order valence-corrected chi connectivity index (χ3v) is 2.91. The third-order valence-electron chi connectivity index (χ3n) is 2.60. The Balaban J connectivity index is 2.26. The van der Waals surface area contributed by atoms with Crippen LogP contribution in [0.4, 0.5) is 4.79 Å². The van der Waals surface area contributed by atoms with Crippen LogP contribution in [0, 0.1) is 0 Å². The average Bonchev–Trinajstić information content (AvgIpc) is 2.16. The molecule has 1 aliphatic carbocycles. The molecule has 1 rings (SSSR count). The largest absolute Gasteiger partial charge is 0.444 e. The molecular weight excluding hydrogens is 228 g/mol. The van der Waals surface area contributed by atoms with E-state index in [9.17, 15) is 4.79 Å². The smallest absolute Gasteiger partial charge is 0.407 e. The molecule has 0 aromatic rings. The number of ether oxygens (including phenoxy) is 1. The first-order chi connectivity index (χ1) is 7.40. The van der Waals surface area contributed by atoms with E-state index in [1.54, 1.807) is 0 Å². The van der Waals surface area contributed by atoms with Crippen LogP contribution in [0.25, 0.3) is 0 Å². The predicted octanol–water partition coefficient (Wildman–Crippen LogP) is 2.57. The molecule has 0 radical (unpaired) electrons. The van der Waals surface area contributed by atoms with E-state index >= 15 is 0 Å². The van der Waals surface area contributed by atoms with Crippen molar-refractivity contribution in [1.29, 1.82) is 0 Å². The summed E-state index contributed by atoms with van der Waals surface area (Å²) in [7, 11) is 0. The molecule has 2 N–H and O–H groups in total. The molecule has 1 aliphatic rings. The number of hydrogen-bond acceptors (Lipinski definition) is 3. The van der Waals surface area contributed by atoms with Crippen LogP contribution in [-0.2, 0) is 4.74 Å². The zero-order valence-electron chi connectivity index (χ0n) is 10.2. The van der Waals surface area contributed by atoms with Crippen molar-refractivity contribution in [1.82, 2.24) is 10.2 Å². The minimum absolute atomic E-state index is 0.219. The third kappa shape index (κ3) is 5.03. The second-order valence-corrected chi connectivity index (χ2v) is 5.52. The lowest BCUT2D eigenvalue weighted by atomic mass is 9.92. The van der Waals surface area contributed by atoms with E-state index in [2.05, 4.69) is 10.2 Å². The summed E-state index contributed by atoms with van der Waals surface area (Å²) in [4.78, 5) is 14.2. The zero-order chi connectivity index (χ0) is 12.2. The molecule has 4 nitrogen and oxygen atoms in total. The fraction of sp³-hybridized carbons (Fsp3) is 0.909. The molecule has 1 saturated carbocycles. The van der Waals surface area contributed by atoms with Crippen LogP contribution in [0.15, 0.2) is 0 Å². The summed E-state index contributed by atoms with van der Waals surface area (Å²) in [6, 6.07) is 0.592. The van der Waals surface area contributed by atoms with Gasteiger partial charge in [0.15, 0.2) is 0 Å². The summed E-state index contributed by atoms with van der Waals surface area (Å²) >= 11 is 5.56. The van der Waals surface area contributed by atoms with Gasteiger partial charge in [0.25, 0.3) is 0 Å². The van der Waals surface area contributed by atoms with Gasteiger partial charge in [-0.15, -0.1) is 0 Å². The van der Waals surface area contributed by atoms with E-state index in [1.165, 1.54) is 0 Å². The minimum Gasteiger partial charge on any atom is -0.444 e. The summed E-state index contributed by atoms with van der Waals surface area (Å²) in [5.41, 5.74) is -0.432. The Morgan fingerprint density at radius 1 is 1.19 bits per heavy atom. The first-order valence-corrected chi connectivity index (χ1v) is 6.14. The number of amides is 1. The standard InChI is InChI=1S/C11H21ClN2O2/c1-11(2,3)16-10(15)13-8-4-6-9(14-12)7-5-8/h8-9,14H,4-7H2,1-3H3,(H,13,15)/t8-,9-. The van der Waals surface area contributed by atoms with Crippen LogP contribution < -0.4 is 10.2 Å². The highest BCUT2D eigenvalue weighted by molar-refractivity contribution is 6.13. The van der Waals surface area contributed by atoms with Crippen molar-refractivity contribution in [3.8, 4) is 0 Å². The van der Waals surface area contributed by atoms with E-state index in [-0.39, 0.29) is 12.1 Å². The van der Waals surface area contributed by atoms with Crippen molar-refractivity contribution < 1.29 is 9.53 Å². The number of nitrogens with one attached hydrogen (secondary N) is 2. The lowest BCUT2D eigenvalue weighted by molar-refractivity contribution is 0.0491. The summed E-state index contributed by atoms with van der Waals surface area (Å²) in [6.07, 6.45) is 3.55. The Morgan fingerprint density at radius 2 is 1.69 bits per heavy atom. The normalized spacial score (nSPS) is 26.2. The van der Waals surface area contributed by atoms with Crippen LogP contribution in [-0.4, -0.2) is 23.8 Å². The van der Waals surface area contributed by atoms with Crippen molar-refractivity contribution in [3.05, 3.63) is 0 Å². The molecule has 94 valence electrons. The van der Waals surface area contributed by atoms with Crippen LogP contribution in [0.3, 0.4) is 0 Å². The molecule has 0 aromatic carbocycles. The van der Waals surface area contributed by atoms with Crippen molar-refractivity contribution in [2.45, 2.75) is 64.1 Å². The molecule has 5 heteroatoms. The Kier molecular flexibility index (Phi) is 4.87. The van der Waals surface area contributed by atoms with Crippen LogP contribution in [0.1, 0.15) is 46.5 Å². The highest BCUT2D eigenvalue weighted by Crippen LogP contribution is 2.19. The topological polar surface area (TPSA) is 50.4 Å². The monoisotopic (exact) mass is 248 g/mol. The summed E-state index contributed by atoms with van der Waals surface area (Å²) < 4.78 is 5.20. The van der Waals surface area contributed by atoms with Gasteiger partial charge in [0.1, 0.15) is 5.60 Å². The number of alkyl carbamates (subject to hydrolysis) is 1. The molecule has 0 bridgehead atoms. The van der Waals surface area contributed by atoms with E-state index in [1.807, 2.05) is 20.8 Å². The molecule has 1 fully saturated rings. The van der Waals surface area contributed by atoms with Crippen LogP contribution in [0.2, 0.25) is 0 Å². The lowest BCUT2D eigenvalue weighted by Gasteiger charge is -2.29. The van der Waals surface area contributed by atoms with E-state index in [0.29, 0.717) is 6.04 Å². The summed E-state index contributed by atoms with van der Waals surface area (Å²) in [6.45, 7) is 5.59. The highest BCUT2D eigenvalue weighted by Gasteiger charge is 2.24. The van der Waals surface area contributed by atoms with Gasteiger partial charge in [0.05, 0.1) is 0 Å². The molecule has 0 spiro atoms. The Bertz CT molecular complexity index is 233. The fourth-order valence-corrected chi connectivity index (χ4v) is 2.04. The van der Waals surface area contributed by atoms with Gasteiger partial charge in [-0.25, -0.2) is 9.63 Å². The molecule has 0 unspecified atom stereocenters. The van der Waals surface area contributed by atoms with Crippen molar-refractivity contribution >= 4 is 17.9 Å². The van der Waals surface area contributed by atoms with E-state index < -0.39 is 5.60 Å².